The number of pyridine rings is 1. The van der Waals surface area contributed by atoms with Crippen molar-refractivity contribution in [1.29, 1.82) is 0 Å². The van der Waals surface area contributed by atoms with E-state index in [2.05, 4.69) is 22.2 Å². The molecule has 0 bridgehead atoms. The van der Waals surface area contributed by atoms with Gasteiger partial charge in [0.2, 0.25) is 5.88 Å². The fraction of sp³-hybridized carbons (Fsp3) is 0.333. The molecule has 1 aromatic carbocycles. The van der Waals surface area contributed by atoms with Gasteiger partial charge in [0.25, 0.3) is 5.91 Å². The van der Waals surface area contributed by atoms with Crippen LogP contribution >= 0.6 is 11.6 Å². The maximum atomic E-state index is 12.3. The van der Waals surface area contributed by atoms with E-state index in [9.17, 15) is 4.79 Å². The van der Waals surface area contributed by atoms with Gasteiger partial charge in [-0.05, 0) is 38.1 Å². The number of carbonyl (C=O) groups excluding carboxylic acids is 1. The molecule has 0 atom stereocenters. The Morgan fingerprint density at radius 2 is 1.96 bits per heavy atom. The first-order valence-corrected chi connectivity index (χ1v) is 8.38. The van der Waals surface area contributed by atoms with Gasteiger partial charge >= 0.3 is 0 Å². The summed E-state index contributed by atoms with van der Waals surface area (Å²) in [6.07, 6.45) is 2.13. The molecule has 24 heavy (non-hydrogen) atoms. The quantitative estimate of drug-likeness (QED) is 0.922. The molecule has 1 aromatic heterocycles. The molecular weight excluding hydrogens is 326 g/mol. The summed E-state index contributed by atoms with van der Waals surface area (Å²) in [6, 6.07) is 12.3. The van der Waals surface area contributed by atoms with Gasteiger partial charge in [0.1, 0.15) is 11.9 Å². The van der Waals surface area contributed by atoms with E-state index in [-0.39, 0.29) is 12.0 Å². The molecule has 5 nitrogen and oxygen atoms in total. The highest BCUT2D eigenvalue weighted by atomic mass is 35.5. The Morgan fingerprint density at radius 3 is 2.71 bits per heavy atom. The minimum Gasteiger partial charge on any atom is -0.474 e. The van der Waals surface area contributed by atoms with Crippen LogP contribution in [0.2, 0.25) is 5.02 Å². The predicted octanol–water partition coefficient (Wildman–Crippen LogP) is 3.46. The van der Waals surface area contributed by atoms with Crippen molar-refractivity contribution in [1.82, 2.24) is 9.88 Å². The first kappa shape index (κ1) is 16.7. The highest BCUT2D eigenvalue weighted by Crippen LogP contribution is 2.20. The largest absolute Gasteiger partial charge is 0.474 e. The first-order valence-electron chi connectivity index (χ1n) is 8.00. The van der Waals surface area contributed by atoms with E-state index in [1.807, 2.05) is 12.1 Å². The lowest BCUT2D eigenvalue weighted by atomic mass is 10.1. The lowest BCUT2D eigenvalue weighted by Crippen LogP contribution is -2.35. The van der Waals surface area contributed by atoms with Gasteiger partial charge in [-0.2, -0.15) is 4.98 Å². The molecule has 1 fully saturated rings. The number of likely N-dealkylation sites (tertiary alicyclic amines) is 1. The third kappa shape index (κ3) is 4.24. The third-order valence-corrected chi connectivity index (χ3v) is 4.37. The van der Waals surface area contributed by atoms with Crippen molar-refractivity contribution in [3.05, 3.63) is 53.1 Å². The first-order chi connectivity index (χ1) is 11.6. The van der Waals surface area contributed by atoms with Gasteiger partial charge in [-0.25, -0.2) is 0 Å². The Balaban J connectivity index is 1.65. The molecule has 0 unspecified atom stereocenters. The van der Waals surface area contributed by atoms with E-state index in [1.54, 1.807) is 30.3 Å². The number of nitrogens with zero attached hydrogens (tertiary/aromatic N) is 2. The lowest BCUT2D eigenvalue weighted by molar-refractivity contribution is 0.102. The number of halogens is 1. The molecule has 126 valence electrons. The van der Waals surface area contributed by atoms with E-state index < -0.39 is 0 Å². The molecule has 1 amide bonds. The summed E-state index contributed by atoms with van der Waals surface area (Å²) >= 11 is 6.05. The summed E-state index contributed by atoms with van der Waals surface area (Å²) in [7, 11) is 2.11. The molecule has 1 aliphatic rings. The Kier molecular flexibility index (Phi) is 5.33. The van der Waals surface area contributed by atoms with Crippen LogP contribution in [-0.2, 0) is 0 Å². The van der Waals surface area contributed by atoms with Crippen molar-refractivity contribution in [2.24, 2.45) is 0 Å². The minimum absolute atomic E-state index is 0.170. The average Bonchev–Trinajstić information content (AvgIpc) is 2.58. The molecule has 1 aliphatic heterocycles. The normalized spacial score (nSPS) is 15.9. The van der Waals surface area contributed by atoms with Gasteiger partial charge in [0.15, 0.2) is 0 Å². The number of piperidine rings is 1. The average molecular weight is 346 g/mol. The summed E-state index contributed by atoms with van der Waals surface area (Å²) in [5.74, 6) is 0.691. The van der Waals surface area contributed by atoms with Crippen LogP contribution in [0.4, 0.5) is 5.82 Å². The fourth-order valence-electron chi connectivity index (χ4n) is 2.65. The molecular formula is C18H20ClN3O2. The van der Waals surface area contributed by atoms with Crippen molar-refractivity contribution in [3.8, 4) is 5.88 Å². The second kappa shape index (κ2) is 7.64. The van der Waals surface area contributed by atoms with Crippen molar-refractivity contribution >= 4 is 23.3 Å². The standard InChI is InChI=1S/C18H20ClN3O2/c1-22-11-9-13(10-12-22)24-17-8-4-7-16(20-17)21-18(23)14-5-2-3-6-15(14)19/h2-8,13H,9-12H2,1H3,(H,20,21,23). The molecule has 0 aliphatic carbocycles. The number of ether oxygens (including phenoxy) is 1. The zero-order valence-corrected chi connectivity index (χ0v) is 14.3. The Bertz CT molecular complexity index is 715. The van der Waals surface area contributed by atoms with Crippen LogP contribution in [0.5, 0.6) is 5.88 Å². The van der Waals surface area contributed by atoms with Crippen molar-refractivity contribution < 1.29 is 9.53 Å². The molecule has 0 spiro atoms. The second-order valence-electron chi connectivity index (χ2n) is 5.92. The van der Waals surface area contributed by atoms with Crippen LogP contribution < -0.4 is 10.1 Å². The van der Waals surface area contributed by atoms with E-state index in [0.717, 1.165) is 25.9 Å². The van der Waals surface area contributed by atoms with Crippen molar-refractivity contribution in [3.63, 3.8) is 0 Å². The summed E-state index contributed by atoms with van der Waals surface area (Å²) in [6.45, 7) is 2.04. The second-order valence-corrected chi connectivity index (χ2v) is 6.32. The summed E-state index contributed by atoms with van der Waals surface area (Å²) in [5.41, 5.74) is 0.419. The van der Waals surface area contributed by atoms with E-state index in [4.69, 9.17) is 16.3 Å². The number of hydrogen-bond acceptors (Lipinski definition) is 4. The van der Waals surface area contributed by atoms with Crippen LogP contribution in [0, 0.1) is 0 Å². The number of benzene rings is 1. The molecule has 0 saturated carbocycles. The topological polar surface area (TPSA) is 54.5 Å². The van der Waals surface area contributed by atoms with Gasteiger partial charge < -0.3 is 15.0 Å². The van der Waals surface area contributed by atoms with Crippen molar-refractivity contribution in [2.45, 2.75) is 18.9 Å². The van der Waals surface area contributed by atoms with Gasteiger partial charge in [-0.15, -0.1) is 0 Å². The van der Waals surface area contributed by atoms with Crippen LogP contribution in [0.1, 0.15) is 23.2 Å². The SMILES string of the molecule is CN1CCC(Oc2cccc(NC(=O)c3ccccc3Cl)n2)CC1. The van der Waals surface area contributed by atoms with Gasteiger partial charge in [0, 0.05) is 19.2 Å². The zero-order chi connectivity index (χ0) is 16.9. The maximum absolute atomic E-state index is 12.3. The molecule has 6 heteroatoms. The van der Waals surface area contributed by atoms with E-state index in [1.165, 1.54) is 0 Å². The Morgan fingerprint density at radius 1 is 1.21 bits per heavy atom. The monoisotopic (exact) mass is 345 g/mol. The molecule has 3 rings (SSSR count). The van der Waals surface area contributed by atoms with E-state index >= 15 is 0 Å². The van der Waals surface area contributed by atoms with Crippen LogP contribution in [0.15, 0.2) is 42.5 Å². The number of nitrogens with one attached hydrogen (secondary N) is 1. The lowest BCUT2D eigenvalue weighted by Gasteiger charge is -2.28. The van der Waals surface area contributed by atoms with Gasteiger partial charge in [-0.1, -0.05) is 29.8 Å². The number of rotatable bonds is 4. The summed E-state index contributed by atoms with van der Waals surface area (Å²) in [4.78, 5) is 18.9. The molecule has 1 N–H and O–H groups in total. The van der Waals surface area contributed by atoms with Crippen LogP contribution in [0.25, 0.3) is 0 Å². The highest BCUT2D eigenvalue weighted by Gasteiger charge is 2.18. The van der Waals surface area contributed by atoms with E-state index in [0.29, 0.717) is 22.3 Å². The zero-order valence-electron chi connectivity index (χ0n) is 13.5. The summed E-state index contributed by atoms with van der Waals surface area (Å²) < 4.78 is 5.94. The molecule has 2 heterocycles. The van der Waals surface area contributed by atoms with Gasteiger partial charge in [0.05, 0.1) is 10.6 Å². The summed E-state index contributed by atoms with van der Waals surface area (Å²) in [5, 5.41) is 3.17. The maximum Gasteiger partial charge on any atom is 0.258 e. The highest BCUT2D eigenvalue weighted by molar-refractivity contribution is 6.34. The number of aromatic nitrogens is 1. The van der Waals surface area contributed by atoms with Crippen molar-refractivity contribution in [2.75, 3.05) is 25.5 Å². The number of anilines is 1. The smallest absolute Gasteiger partial charge is 0.258 e. The molecule has 1 saturated heterocycles. The predicted molar refractivity (Wildman–Crippen MR) is 94.8 cm³/mol. The minimum atomic E-state index is -0.287. The number of hydrogen-bond donors (Lipinski definition) is 1. The number of carbonyl (C=O) groups is 1. The van der Waals surface area contributed by atoms with Crippen LogP contribution in [0.3, 0.4) is 0 Å². The van der Waals surface area contributed by atoms with Crippen LogP contribution in [-0.4, -0.2) is 42.0 Å². The Hall–Kier alpha value is -2.11. The van der Waals surface area contributed by atoms with Gasteiger partial charge in [-0.3, -0.25) is 4.79 Å². The Labute approximate surface area is 146 Å². The molecule has 0 radical (unpaired) electrons. The fourth-order valence-corrected chi connectivity index (χ4v) is 2.87. The molecule has 2 aromatic rings. The number of amides is 1. The third-order valence-electron chi connectivity index (χ3n) is 4.04.